The summed E-state index contributed by atoms with van der Waals surface area (Å²) in [5, 5.41) is 3.33. The van der Waals surface area contributed by atoms with Gasteiger partial charge in [-0.1, -0.05) is 36.4 Å². The molecule has 0 bridgehead atoms. The molecule has 2 amide bonds. The van der Waals surface area contributed by atoms with Crippen molar-refractivity contribution < 1.29 is 19.1 Å². The summed E-state index contributed by atoms with van der Waals surface area (Å²) in [5.74, 6) is -0.457. The van der Waals surface area contributed by atoms with Gasteiger partial charge in [0.05, 0.1) is 5.56 Å². The van der Waals surface area contributed by atoms with Gasteiger partial charge in [0.15, 0.2) is 0 Å². The standard InChI is InChI=1S/C27H31N3O4/c1-27(2,3)34-26(33)29-20-9-10-21-22(17-28-23(21)16-20)24(31)25(32)30-13-11-19(12-14-30)15-18-7-5-4-6-8-18/h4-10,16-17,19,28H,11-15H2,1-3H3,(H,29,33). The Morgan fingerprint density at radius 3 is 2.44 bits per heavy atom. The number of H-pyrrole nitrogens is 1. The smallest absolute Gasteiger partial charge is 0.412 e. The number of anilines is 1. The first-order chi connectivity index (χ1) is 16.2. The van der Waals surface area contributed by atoms with Gasteiger partial charge in [0, 0.05) is 35.9 Å². The molecule has 1 fully saturated rings. The number of nitrogens with zero attached hydrogens (tertiary/aromatic N) is 1. The van der Waals surface area contributed by atoms with Crippen LogP contribution >= 0.6 is 0 Å². The van der Waals surface area contributed by atoms with Gasteiger partial charge in [0.25, 0.3) is 11.7 Å². The molecule has 1 aliphatic rings. The van der Waals surface area contributed by atoms with Crippen LogP contribution in [0.5, 0.6) is 0 Å². The minimum absolute atomic E-state index is 0.343. The minimum Gasteiger partial charge on any atom is -0.444 e. The molecule has 178 valence electrons. The largest absolute Gasteiger partial charge is 0.444 e. The molecular formula is C27H31N3O4. The fourth-order valence-corrected chi connectivity index (χ4v) is 4.36. The topological polar surface area (TPSA) is 91.5 Å². The maximum atomic E-state index is 13.0. The second-order valence-electron chi connectivity index (χ2n) is 9.84. The molecule has 0 aliphatic carbocycles. The Hall–Kier alpha value is -3.61. The Bertz CT molecular complexity index is 1190. The van der Waals surface area contributed by atoms with E-state index in [4.69, 9.17) is 4.74 Å². The molecule has 0 spiro atoms. The first-order valence-electron chi connectivity index (χ1n) is 11.7. The van der Waals surface area contributed by atoms with Crippen molar-refractivity contribution >= 4 is 34.4 Å². The third-order valence-corrected chi connectivity index (χ3v) is 6.03. The Morgan fingerprint density at radius 1 is 1.06 bits per heavy atom. The van der Waals surface area contributed by atoms with Crippen LogP contribution < -0.4 is 5.32 Å². The lowest BCUT2D eigenvalue weighted by Crippen LogP contribution is -2.42. The van der Waals surface area contributed by atoms with Crippen LogP contribution in [0, 0.1) is 5.92 Å². The van der Waals surface area contributed by atoms with Crippen LogP contribution in [0.15, 0.2) is 54.7 Å². The molecule has 34 heavy (non-hydrogen) atoms. The number of ketones is 1. The van der Waals surface area contributed by atoms with Gasteiger partial charge in [-0.15, -0.1) is 0 Å². The van der Waals surface area contributed by atoms with E-state index in [1.54, 1.807) is 50.1 Å². The van der Waals surface area contributed by atoms with E-state index in [9.17, 15) is 14.4 Å². The van der Waals surface area contributed by atoms with E-state index in [0.29, 0.717) is 41.2 Å². The van der Waals surface area contributed by atoms with Crippen LogP contribution in [0.25, 0.3) is 10.9 Å². The molecule has 2 aromatic carbocycles. The molecule has 2 N–H and O–H groups in total. The van der Waals surface area contributed by atoms with Crippen LogP contribution in [0.2, 0.25) is 0 Å². The van der Waals surface area contributed by atoms with Crippen molar-refractivity contribution in [1.82, 2.24) is 9.88 Å². The zero-order valence-electron chi connectivity index (χ0n) is 19.9. The quantitative estimate of drug-likeness (QED) is 0.405. The number of aromatic amines is 1. The van der Waals surface area contributed by atoms with Crippen molar-refractivity contribution in [3.8, 4) is 0 Å². The average molecular weight is 462 g/mol. The number of carbonyl (C=O) groups is 3. The lowest BCUT2D eigenvalue weighted by molar-refractivity contribution is -0.127. The van der Waals surface area contributed by atoms with Gasteiger partial charge in [-0.3, -0.25) is 14.9 Å². The highest BCUT2D eigenvalue weighted by molar-refractivity contribution is 6.44. The number of ether oxygens (including phenoxy) is 1. The third kappa shape index (κ3) is 5.65. The van der Waals surface area contributed by atoms with Crippen LogP contribution in [-0.2, 0) is 16.0 Å². The molecule has 1 aromatic heterocycles. The van der Waals surface area contributed by atoms with Crippen molar-refractivity contribution in [3.05, 3.63) is 65.9 Å². The molecule has 0 unspecified atom stereocenters. The van der Waals surface area contributed by atoms with E-state index in [0.717, 1.165) is 19.3 Å². The fourth-order valence-electron chi connectivity index (χ4n) is 4.36. The number of carbonyl (C=O) groups excluding carboxylic acids is 3. The number of Topliss-reactive ketones (excluding diaryl/α,β-unsaturated/α-hetero) is 1. The zero-order chi connectivity index (χ0) is 24.3. The first kappa shape index (κ1) is 23.5. The summed E-state index contributed by atoms with van der Waals surface area (Å²) >= 11 is 0. The SMILES string of the molecule is CC(C)(C)OC(=O)Nc1ccc2c(C(=O)C(=O)N3CCC(Cc4ccccc4)CC3)c[nH]c2c1. The molecule has 0 radical (unpaired) electrons. The van der Waals surface area contributed by atoms with E-state index in [-0.39, 0.29) is 0 Å². The molecule has 1 saturated heterocycles. The molecule has 7 heteroatoms. The van der Waals surface area contributed by atoms with Crippen molar-refractivity contribution in [3.63, 3.8) is 0 Å². The van der Waals surface area contributed by atoms with Crippen molar-refractivity contribution in [2.45, 2.75) is 45.6 Å². The Labute approximate surface area is 199 Å². The number of aromatic nitrogens is 1. The Kier molecular flexibility index (Phi) is 6.72. The van der Waals surface area contributed by atoms with E-state index in [1.807, 2.05) is 18.2 Å². The summed E-state index contributed by atoms with van der Waals surface area (Å²) in [5.41, 5.74) is 2.25. The number of amides is 2. The molecule has 1 aliphatic heterocycles. The van der Waals surface area contributed by atoms with Gasteiger partial charge in [-0.25, -0.2) is 4.79 Å². The summed E-state index contributed by atoms with van der Waals surface area (Å²) in [6, 6.07) is 15.5. The van der Waals surface area contributed by atoms with E-state index in [1.165, 1.54) is 5.56 Å². The molecule has 2 heterocycles. The first-order valence-corrected chi connectivity index (χ1v) is 11.7. The van der Waals surface area contributed by atoms with E-state index < -0.39 is 23.4 Å². The zero-order valence-corrected chi connectivity index (χ0v) is 19.9. The van der Waals surface area contributed by atoms with Gasteiger partial charge in [0.1, 0.15) is 5.60 Å². The normalized spacial score (nSPS) is 14.7. The lowest BCUT2D eigenvalue weighted by Gasteiger charge is -2.31. The average Bonchev–Trinajstić information content (AvgIpc) is 3.21. The maximum Gasteiger partial charge on any atom is 0.412 e. The van der Waals surface area contributed by atoms with E-state index in [2.05, 4.69) is 22.4 Å². The van der Waals surface area contributed by atoms with Crippen LogP contribution in [0.3, 0.4) is 0 Å². The third-order valence-electron chi connectivity index (χ3n) is 6.03. The number of benzene rings is 2. The predicted molar refractivity (Wildman–Crippen MR) is 132 cm³/mol. The van der Waals surface area contributed by atoms with E-state index >= 15 is 0 Å². The van der Waals surface area contributed by atoms with Crippen LogP contribution in [-0.4, -0.2) is 46.4 Å². The highest BCUT2D eigenvalue weighted by atomic mass is 16.6. The van der Waals surface area contributed by atoms with Gasteiger partial charge >= 0.3 is 6.09 Å². The molecule has 3 aromatic rings. The molecule has 0 atom stereocenters. The molecule has 4 rings (SSSR count). The summed E-state index contributed by atoms with van der Waals surface area (Å²) in [6.45, 7) is 6.56. The fraction of sp³-hybridized carbons (Fsp3) is 0.370. The number of likely N-dealkylation sites (tertiary alicyclic amines) is 1. The van der Waals surface area contributed by atoms with Crippen molar-refractivity contribution in [2.75, 3.05) is 18.4 Å². The van der Waals surface area contributed by atoms with Crippen molar-refractivity contribution in [2.24, 2.45) is 5.92 Å². The lowest BCUT2D eigenvalue weighted by atomic mass is 9.90. The Balaban J connectivity index is 1.38. The van der Waals surface area contributed by atoms with Gasteiger partial charge in [-0.2, -0.15) is 0 Å². The number of fused-ring (bicyclic) bond motifs is 1. The molecule has 0 saturated carbocycles. The number of hydrogen-bond donors (Lipinski definition) is 2. The second-order valence-corrected chi connectivity index (χ2v) is 9.84. The summed E-state index contributed by atoms with van der Waals surface area (Å²) in [6.07, 6.45) is 3.78. The second kappa shape index (κ2) is 9.71. The summed E-state index contributed by atoms with van der Waals surface area (Å²) < 4.78 is 5.27. The number of piperidine rings is 1. The summed E-state index contributed by atoms with van der Waals surface area (Å²) in [7, 11) is 0. The number of hydrogen-bond acceptors (Lipinski definition) is 4. The molecular weight excluding hydrogens is 430 g/mol. The highest BCUT2D eigenvalue weighted by Crippen LogP contribution is 2.25. The monoisotopic (exact) mass is 461 g/mol. The maximum absolute atomic E-state index is 13.0. The number of rotatable bonds is 5. The molecule has 7 nitrogen and oxygen atoms in total. The van der Waals surface area contributed by atoms with Crippen LogP contribution in [0.1, 0.15) is 49.5 Å². The van der Waals surface area contributed by atoms with Crippen molar-refractivity contribution in [1.29, 1.82) is 0 Å². The highest BCUT2D eigenvalue weighted by Gasteiger charge is 2.29. The van der Waals surface area contributed by atoms with Gasteiger partial charge in [-0.05, 0) is 63.6 Å². The van der Waals surface area contributed by atoms with Gasteiger partial charge < -0.3 is 14.6 Å². The minimum atomic E-state index is -0.601. The van der Waals surface area contributed by atoms with Gasteiger partial charge in [0.2, 0.25) is 0 Å². The number of nitrogens with one attached hydrogen (secondary N) is 2. The Morgan fingerprint density at radius 2 is 1.76 bits per heavy atom. The summed E-state index contributed by atoms with van der Waals surface area (Å²) in [4.78, 5) is 42.7. The van der Waals surface area contributed by atoms with Crippen LogP contribution in [0.4, 0.5) is 10.5 Å². The predicted octanol–water partition coefficient (Wildman–Crippen LogP) is 5.18.